The number of amides is 1. The van der Waals surface area contributed by atoms with E-state index >= 15 is 0 Å². The Kier molecular flexibility index (Phi) is 28.5. The zero-order valence-corrected chi connectivity index (χ0v) is 49.6. The Hall–Kier alpha value is -8.88. The molecule has 2 aliphatic rings. The zero-order valence-electron chi connectivity index (χ0n) is 49.6. The molecule has 6 rings (SSSR count). The summed E-state index contributed by atoms with van der Waals surface area (Å²) in [6, 6.07) is 6.99. The number of nitrogens with one attached hydrogen (secondary N) is 1. The molecular weight excluding hydrogens is 1150 g/mol. The summed E-state index contributed by atoms with van der Waals surface area (Å²) in [5, 5.41) is 19.8. The minimum absolute atomic E-state index is 0.00231. The summed E-state index contributed by atoms with van der Waals surface area (Å²) < 4.78 is 35.9. The maximum Gasteiger partial charge on any atom is 0.408 e. The Bertz CT molecular complexity index is 3330. The minimum Gasteiger partial charge on any atom is -0.480 e. The SMILES string of the molecule is CC(=O)c1ccc(=O)n(CO)c1N.CC(=O)c1ccc(=O)n(COCC(N)C(=O)O)c1N.CC(=O)c1ccc(=O)n(COCC(N)C(=O)OC2CCCC2)c1N.CC(=O)c1ccc(=O)n(COCC(NC(=O)OC(C)(C)C)C(=O)OC2CCCC2)c1N. The predicted molar refractivity (Wildman–Crippen MR) is 314 cm³/mol. The van der Waals surface area contributed by atoms with E-state index in [1.54, 1.807) is 20.8 Å². The number of carbonyl (C=O) groups is 8. The summed E-state index contributed by atoms with van der Waals surface area (Å²) in [6.07, 6.45) is 6.30. The molecule has 478 valence electrons. The second-order valence-corrected chi connectivity index (χ2v) is 20.9. The number of carbonyl (C=O) groups excluding carboxylic acids is 7. The molecule has 31 heteroatoms. The van der Waals surface area contributed by atoms with Crippen molar-refractivity contribution >= 4 is 70.4 Å². The number of aliphatic carboxylic acids is 1. The Morgan fingerprint density at radius 2 is 0.828 bits per heavy atom. The van der Waals surface area contributed by atoms with Crippen LogP contribution in [0.3, 0.4) is 0 Å². The van der Waals surface area contributed by atoms with Gasteiger partial charge in [-0.25, -0.2) is 9.59 Å². The van der Waals surface area contributed by atoms with Gasteiger partial charge in [-0.05, 0) is 124 Å². The number of nitrogens with zero attached hydrogens (tertiary/aromatic N) is 4. The third kappa shape index (κ3) is 22.8. The number of anilines is 4. The number of ether oxygens (including phenoxy) is 6. The lowest BCUT2D eigenvalue weighted by atomic mass is 10.2. The smallest absolute Gasteiger partial charge is 0.408 e. The van der Waals surface area contributed by atoms with E-state index < -0.39 is 76.7 Å². The number of rotatable bonds is 23. The topological polar surface area (TPSA) is 489 Å². The van der Waals surface area contributed by atoms with Crippen molar-refractivity contribution in [2.24, 2.45) is 11.5 Å². The normalized spacial score (nSPS) is 14.0. The number of esters is 2. The Morgan fingerprint density at radius 3 is 1.15 bits per heavy atom. The number of carboxylic acid groups (broad SMARTS) is 1. The van der Waals surface area contributed by atoms with Gasteiger partial charge in [-0.2, -0.15) is 0 Å². The van der Waals surface area contributed by atoms with Crippen LogP contribution in [0.2, 0.25) is 0 Å². The van der Waals surface area contributed by atoms with Crippen molar-refractivity contribution < 1.29 is 77.0 Å². The number of alkyl carbamates (subject to hydrolysis) is 1. The highest BCUT2D eigenvalue weighted by atomic mass is 16.6. The molecule has 0 aromatic carbocycles. The van der Waals surface area contributed by atoms with Gasteiger partial charge in [0.15, 0.2) is 29.2 Å². The van der Waals surface area contributed by atoms with Crippen molar-refractivity contribution in [2.75, 3.05) is 42.8 Å². The van der Waals surface area contributed by atoms with Crippen LogP contribution < -0.4 is 62.0 Å². The van der Waals surface area contributed by atoms with Crippen molar-refractivity contribution in [3.8, 4) is 0 Å². The van der Waals surface area contributed by atoms with Crippen LogP contribution in [0, 0.1) is 0 Å². The van der Waals surface area contributed by atoms with E-state index in [1.807, 2.05) is 0 Å². The van der Waals surface area contributed by atoms with Crippen LogP contribution in [0.5, 0.6) is 0 Å². The van der Waals surface area contributed by atoms with Crippen LogP contribution in [0.4, 0.5) is 28.1 Å². The molecule has 0 spiro atoms. The van der Waals surface area contributed by atoms with Crippen LogP contribution in [0.1, 0.15) is 141 Å². The number of aliphatic hydroxyl groups is 1. The Labute approximate surface area is 498 Å². The molecule has 3 unspecified atom stereocenters. The maximum atomic E-state index is 12.6. The van der Waals surface area contributed by atoms with Gasteiger partial charge in [0.05, 0.1) is 42.1 Å². The first-order chi connectivity index (χ1) is 40.8. The largest absolute Gasteiger partial charge is 0.480 e. The number of carboxylic acids is 1. The number of nitrogens with two attached hydrogens (primary N) is 6. The lowest BCUT2D eigenvalue weighted by Crippen LogP contribution is -2.47. The van der Waals surface area contributed by atoms with Crippen molar-refractivity contribution in [1.29, 1.82) is 0 Å². The Morgan fingerprint density at radius 1 is 0.517 bits per heavy atom. The number of Topliss-reactive ketones (excluding diaryl/α,β-unsaturated/α-hetero) is 4. The number of nitrogen functional groups attached to an aromatic ring is 4. The van der Waals surface area contributed by atoms with Gasteiger partial charge in [-0.3, -0.25) is 66.2 Å². The van der Waals surface area contributed by atoms with Crippen LogP contribution in [0.25, 0.3) is 0 Å². The number of aliphatic hydroxyl groups excluding tert-OH is 1. The van der Waals surface area contributed by atoms with Gasteiger partial charge in [-0.1, -0.05) is 0 Å². The molecule has 4 aromatic rings. The molecule has 15 N–H and O–H groups in total. The quantitative estimate of drug-likeness (QED) is 0.0284. The van der Waals surface area contributed by atoms with Gasteiger partial charge in [0.1, 0.15) is 80.1 Å². The van der Waals surface area contributed by atoms with Crippen LogP contribution in [-0.2, 0) is 69.7 Å². The van der Waals surface area contributed by atoms with Gasteiger partial charge >= 0.3 is 24.0 Å². The summed E-state index contributed by atoms with van der Waals surface area (Å²) >= 11 is 0. The highest BCUT2D eigenvalue weighted by Crippen LogP contribution is 2.23. The van der Waals surface area contributed by atoms with Crippen molar-refractivity contribution in [2.45, 2.75) is 163 Å². The average Bonchev–Trinajstić information content (AvgIpc) is 2.99. The van der Waals surface area contributed by atoms with E-state index in [1.165, 1.54) is 76.2 Å². The highest BCUT2D eigenvalue weighted by molar-refractivity contribution is 6.00. The van der Waals surface area contributed by atoms with Crippen molar-refractivity contribution in [3.63, 3.8) is 0 Å². The third-order valence-electron chi connectivity index (χ3n) is 12.9. The fourth-order valence-corrected chi connectivity index (χ4v) is 8.18. The molecule has 0 radical (unpaired) electrons. The standard InChI is InChI=1S/C21H31N3O7.C16H23N3O5.C11H15N3O5.C8H10N2O3/c1-13(25)15-9-10-17(26)24(18(15)22)12-29-11-16(23-20(28)31-21(2,3)4)19(27)30-14-7-5-6-8-14;1-10(20)12-6-7-14(21)19(15(12)18)9-23-8-13(17)16(22)24-11-4-2-3-5-11;1-6(15)7-2-3-9(16)14(10(7)13)5-19-4-8(12)11(17)18;1-5(12)6-2-3-7(13)10(4-11)8(6)9/h9-10,14,16H,5-8,11-12,22H2,1-4H3,(H,23,28);6-7,11,13H,2-5,8-9,17-18H2,1H3;2-3,8H,4-5,12-13H2,1H3,(H,17,18);2-3,11H,4,9H2,1H3. The van der Waals surface area contributed by atoms with E-state index in [0.29, 0.717) is 0 Å². The van der Waals surface area contributed by atoms with Crippen LogP contribution in [0.15, 0.2) is 67.7 Å². The molecule has 31 nitrogen and oxygen atoms in total. The lowest BCUT2D eigenvalue weighted by Gasteiger charge is -2.24. The lowest BCUT2D eigenvalue weighted by molar-refractivity contribution is -0.154. The molecule has 2 fully saturated rings. The number of ketones is 4. The maximum absolute atomic E-state index is 12.6. The minimum atomic E-state index is -1.21. The van der Waals surface area contributed by atoms with Crippen LogP contribution >= 0.6 is 0 Å². The summed E-state index contributed by atoms with van der Waals surface area (Å²) in [5.41, 5.74) is 32.2. The molecule has 2 saturated carbocycles. The third-order valence-corrected chi connectivity index (χ3v) is 12.9. The molecule has 0 bridgehead atoms. The summed E-state index contributed by atoms with van der Waals surface area (Å²) in [6.45, 7) is 8.50. The number of pyridine rings is 4. The molecule has 4 heterocycles. The first-order valence-corrected chi connectivity index (χ1v) is 27.3. The highest BCUT2D eigenvalue weighted by Gasteiger charge is 2.30. The second-order valence-electron chi connectivity index (χ2n) is 20.9. The molecular formula is C56H79N11O20. The zero-order chi connectivity index (χ0) is 65.5. The number of aromatic nitrogens is 4. The predicted octanol–water partition coefficient (Wildman–Crippen LogP) is 1.01. The monoisotopic (exact) mass is 1230 g/mol. The molecule has 0 aliphatic heterocycles. The van der Waals surface area contributed by atoms with Gasteiger partial charge in [-0.15, -0.1) is 0 Å². The Balaban J connectivity index is 0.000000317. The van der Waals surface area contributed by atoms with Gasteiger partial charge in [0.2, 0.25) is 0 Å². The first kappa shape index (κ1) is 72.4. The molecule has 3 atom stereocenters. The summed E-state index contributed by atoms with van der Waals surface area (Å²) in [4.78, 5) is 139. The summed E-state index contributed by atoms with van der Waals surface area (Å²) in [5.74, 6) is -3.47. The summed E-state index contributed by atoms with van der Waals surface area (Å²) in [7, 11) is 0. The molecule has 0 saturated heterocycles. The van der Waals surface area contributed by atoms with E-state index in [2.05, 4.69) is 5.32 Å². The molecule has 2 aliphatic carbocycles. The fraction of sp³-hybridized carbons (Fsp3) is 0.500. The van der Waals surface area contributed by atoms with Crippen molar-refractivity contribution in [1.82, 2.24) is 23.6 Å². The van der Waals surface area contributed by atoms with Crippen LogP contribution in [-0.4, -0.2) is 131 Å². The average molecular weight is 1230 g/mol. The first-order valence-electron chi connectivity index (χ1n) is 27.3. The fourth-order valence-electron chi connectivity index (χ4n) is 8.18. The molecule has 4 aromatic heterocycles. The molecule has 87 heavy (non-hydrogen) atoms. The van der Waals surface area contributed by atoms with Gasteiger partial charge in [0.25, 0.3) is 22.2 Å². The van der Waals surface area contributed by atoms with Gasteiger partial charge < -0.3 is 78.4 Å². The number of hydrogen-bond donors (Lipinski definition) is 9. The van der Waals surface area contributed by atoms with E-state index in [-0.39, 0.29) is 121 Å². The number of hydrogen-bond acceptors (Lipinski definition) is 25. The van der Waals surface area contributed by atoms with E-state index in [9.17, 15) is 57.5 Å². The second kappa shape index (κ2) is 34.3. The molecule has 1 amide bonds. The van der Waals surface area contributed by atoms with E-state index in [4.69, 9.17) is 73.0 Å². The van der Waals surface area contributed by atoms with Crippen molar-refractivity contribution in [3.05, 3.63) is 112 Å². The van der Waals surface area contributed by atoms with E-state index in [0.717, 1.165) is 69.6 Å². The van der Waals surface area contributed by atoms with Gasteiger partial charge in [0, 0.05) is 24.3 Å².